The third-order valence-corrected chi connectivity index (χ3v) is 4.37. The molecule has 0 saturated carbocycles. The molecule has 2 unspecified atom stereocenters. The fraction of sp³-hybridized carbons (Fsp3) is 0.429. The second-order valence-corrected chi connectivity index (χ2v) is 6.68. The van der Waals surface area contributed by atoms with Crippen LogP contribution in [0.2, 0.25) is 0 Å². The molecule has 2 aromatic rings. The van der Waals surface area contributed by atoms with Crippen molar-refractivity contribution in [3.63, 3.8) is 0 Å². The number of nitrogens with two attached hydrogens (primary N) is 1. The van der Waals surface area contributed by atoms with E-state index < -0.39 is 36.4 Å². The molecule has 2 atom stereocenters. The lowest BCUT2D eigenvalue weighted by atomic mass is 9.82. The molecule has 8 heteroatoms. The van der Waals surface area contributed by atoms with Crippen molar-refractivity contribution in [3.8, 4) is 0 Å². The summed E-state index contributed by atoms with van der Waals surface area (Å²) in [5.74, 6) is -1.28. The molecule has 3 N–H and O–H groups in total. The summed E-state index contributed by atoms with van der Waals surface area (Å²) in [5, 5.41) is 17.8. The highest BCUT2D eigenvalue weighted by Crippen LogP contribution is 2.42. The van der Waals surface area contributed by atoms with Gasteiger partial charge in [-0.3, -0.25) is 0 Å². The van der Waals surface area contributed by atoms with Crippen LogP contribution in [-0.2, 0) is 0 Å². The number of aryl methyl sites for hydroxylation is 1. The van der Waals surface area contributed by atoms with E-state index in [1.54, 1.807) is 13.0 Å². The van der Waals surface area contributed by atoms with Crippen LogP contribution < -0.4 is 5.73 Å². The van der Waals surface area contributed by atoms with Crippen LogP contribution in [0.5, 0.6) is 0 Å². The fourth-order valence-electron chi connectivity index (χ4n) is 3.02. The first-order valence-corrected chi connectivity index (χ1v) is 9.31. The first-order valence-electron chi connectivity index (χ1n) is 9.31. The minimum Gasteiger partial charge on any atom is -0.402 e. The van der Waals surface area contributed by atoms with Crippen LogP contribution in [0.15, 0.2) is 42.2 Å². The topological polar surface area (TPSA) is 72.0 Å². The number of benzene rings is 1. The molecule has 1 aromatic carbocycles. The van der Waals surface area contributed by atoms with Gasteiger partial charge in [0.15, 0.2) is 5.60 Å². The Morgan fingerprint density at radius 2 is 1.90 bits per heavy atom. The summed E-state index contributed by atoms with van der Waals surface area (Å²) >= 11 is 0. The van der Waals surface area contributed by atoms with Gasteiger partial charge in [-0.25, -0.2) is 4.39 Å². The van der Waals surface area contributed by atoms with Gasteiger partial charge in [-0.15, -0.1) is 0 Å². The van der Waals surface area contributed by atoms with E-state index in [1.165, 1.54) is 43.5 Å². The molecule has 4 nitrogen and oxygen atoms in total. The van der Waals surface area contributed by atoms with Gasteiger partial charge in [-0.2, -0.15) is 23.4 Å². The average molecular weight is 413 g/mol. The van der Waals surface area contributed by atoms with Crippen LogP contribution >= 0.6 is 0 Å². The maximum atomic E-state index is 13.6. The number of hydrogen-bond acceptors (Lipinski definition) is 4. The maximum absolute atomic E-state index is 13.6. The Morgan fingerprint density at radius 1 is 1.24 bits per heavy atom. The third kappa shape index (κ3) is 6.81. The zero-order chi connectivity index (χ0) is 22.2. The summed E-state index contributed by atoms with van der Waals surface area (Å²) < 4.78 is 54.4. The summed E-state index contributed by atoms with van der Waals surface area (Å²) in [6, 6.07) is 7.02. The van der Waals surface area contributed by atoms with Gasteiger partial charge in [-0.05, 0) is 60.7 Å². The molecule has 0 aliphatic rings. The van der Waals surface area contributed by atoms with E-state index in [2.05, 4.69) is 10.2 Å². The van der Waals surface area contributed by atoms with E-state index >= 15 is 0 Å². The first kappa shape index (κ1) is 24.6. The molecule has 0 fully saturated rings. The predicted molar refractivity (Wildman–Crippen MR) is 105 cm³/mol. The third-order valence-electron chi connectivity index (χ3n) is 4.37. The molecule has 1 aromatic heterocycles. The number of aliphatic hydroxyl groups is 1. The van der Waals surface area contributed by atoms with Crippen molar-refractivity contribution in [1.29, 1.82) is 0 Å². The second-order valence-electron chi connectivity index (χ2n) is 6.68. The zero-order valence-electron chi connectivity index (χ0n) is 17.0. The summed E-state index contributed by atoms with van der Waals surface area (Å²) in [7, 11) is 0. The minimum atomic E-state index is -4.91. The van der Waals surface area contributed by atoms with E-state index in [0.717, 1.165) is 0 Å². The number of rotatable bonds is 6. The predicted octanol–water partition coefficient (Wildman–Crippen LogP) is 5.13. The van der Waals surface area contributed by atoms with Gasteiger partial charge >= 0.3 is 6.18 Å². The summed E-state index contributed by atoms with van der Waals surface area (Å²) in [5.41, 5.74) is 3.83. The quantitative estimate of drug-likeness (QED) is 0.644. The molecule has 0 aliphatic heterocycles. The minimum absolute atomic E-state index is 0.182. The van der Waals surface area contributed by atoms with E-state index in [-0.39, 0.29) is 11.4 Å². The van der Waals surface area contributed by atoms with Crippen LogP contribution in [0.3, 0.4) is 0 Å². The summed E-state index contributed by atoms with van der Waals surface area (Å²) in [6.45, 7) is 7.20. The Labute approximate surface area is 168 Å². The summed E-state index contributed by atoms with van der Waals surface area (Å²) in [6.07, 6.45) is -3.74. The van der Waals surface area contributed by atoms with E-state index in [4.69, 9.17) is 5.73 Å². The monoisotopic (exact) mass is 413 g/mol. The van der Waals surface area contributed by atoms with Crippen LogP contribution in [0, 0.1) is 12.7 Å². The van der Waals surface area contributed by atoms with Crippen LogP contribution in [0.4, 0.5) is 17.6 Å². The average Bonchev–Trinajstić information content (AvgIpc) is 2.65. The lowest BCUT2D eigenvalue weighted by Crippen LogP contribution is -2.47. The van der Waals surface area contributed by atoms with Crippen molar-refractivity contribution in [2.75, 3.05) is 0 Å². The largest absolute Gasteiger partial charge is 0.417 e. The molecule has 1 heterocycles. The van der Waals surface area contributed by atoms with Crippen molar-refractivity contribution in [2.24, 2.45) is 5.73 Å². The van der Waals surface area contributed by atoms with Gasteiger partial charge in [0.05, 0.1) is 5.69 Å². The van der Waals surface area contributed by atoms with Crippen molar-refractivity contribution >= 4 is 6.08 Å². The molecule has 0 radical (unpaired) electrons. The van der Waals surface area contributed by atoms with E-state index in [0.29, 0.717) is 11.1 Å². The molecule has 2 rings (SSSR count). The van der Waals surface area contributed by atoms with Crippen LogP contribution in [0.25, 0.3) is 6.08 Å². The van der Waals surface area contributed by atoms with Gasteiger partial charge in [0.25, 0.3) is 0 Å². The smallest absolute Gasteiger partial charge is 0.402 e. The van der Waals surface area contributed by atoms with Gasteiger partial charge in [0.2, 0.25) is 0 Å². The Balaban J connectivity index is 0.00000204. The lowest BCUT2D eigenvalue weighted by Gasteiger charge is -2.33. The Hall–Kier alpha value is -2.48. The van der Waals surface area contributed by atoms with Gasteiger partial charge in [0.1, 0.15) is 5.82 Å². The van der Waals surface area contributed by atoms with E-state index in [1.807, 2.05) is 13.8 Å². The second kappa shape index (κ2) is 10.3. The molecule has 0 amide bonds. The molecular formula is C21H27F4N3O. The van der Waals surface area contributed by atoms with Crippen LogP contribution in [0.1, 0.15) is 56.4 Å². The van der Waals surface area contributed by atoms with Crippen molar-refractivity contribution < 1.29 is 22.7 Å². The molecule has 0 bridgehead atoms. The molecule has 160 valence electrons. The van der Waals surface area contributed by atoms with Crippen molar-refractivity contribution in [1.82, 2.24) is 10.2 Å². The molecule has 0 spiro atoms. The number of hydrogen-bond donors (Lipinski definition) is 2. The maximum Gasteiger partial charge on any atom is 0.417 e. The standard InChI is InChI=1S/C19H21F4N3O.C2H6/c1-12-5-6-14(20)8-17(12)13(2)10-18(27,19(21,22)23)11-15(24)9-16-4-3-7-25-26-16;1-2/h3-9,13,27H,10-11,24H2,1-2H3;1-2H3/b15-9-;. The number of halogens is 4. The van der Waals surface area contributed by atoms with E-state index in [9.17, 15) is 22.7 Å². The first-order chi connectivity index (χ1) is 13.5. The Kier molecular flexibility index (Phi) is 8.76. The fourth-order valence-corrected chi connectivity index (χ4v) is 3.02. The SMILES string of the molecule is CC.Cc1ccc(F)cc1C(C)CC(O)(C/C(N)=C/c1cccnn1)C(F)(F)F. The number of alkyl halides is 3. The highest BCUT2D eigenvalue weighted by molar-refractivity contribution is 5.47. The Bertz CT molecular complexity index is 809. The zero-order valence-corrected chi connectivity index (χ0v) is 17.0. The highest BCUT2D eigenvalue weighted by Gasteiger charge is 2.54. The number of nitrogens with zero attached hydrogens (tertiary/aromatic N) is 2. The Morgan fingerprint density at radius 3 is 2.45 bits per heavy atom. The molecule has 0 saturated heterocycles. The van der Waals surface area contributed by atoms with Gasteiger partial charge < -0.3 is 10.8 Å². The van der Waals surface area contributed by atoms with Gasteiger partial charge in [0, 0.05) is 18.3 Å². The molecule has 0 aliphatic carbocycles. The molecular weight excluding hydrogens is 386 g/mol. The number of aromatic nitrogens is 2. The van der Waals surface area contributed by atoms with Gasteiger partial charge in [-0.1, -0.05) is 26.8 Å². The van der Waals surface area contributed by atoms with Crippen molar-refractivity contribution in [2.45, 2.75) is 58.2 Å². The van der Waals surface area contributed by atoms with Crippen molar-refractivity contribution in [3.05, 3.63) is 64.9 Å². The summed E-state index contributed by atoms with van der Waals surface area (Å²) in [4.78, 5) is 0. The molecule has 29 heavy (non-hydrogen) atoms. The highest BCUT2D eigenvalue weighted by atomic mass is 19.4. The lowest BCUT2D eigenvalue weighted by molar-refractivity contribution is -0.263. The van der Waals surface area contributed by atoms with Crippen LogP contribution in [-0.4, -0.2) is 27.1 Å². The normalized spacial score (nSPS) is 15.1.